The lowest BCUT2D eigenvalue weighted by Crippen LogP contribution is -2.15. The highest BCUT2D eigenvalue weighted by molar-refractivity contribution is 7.80. The van der Waals surface area contributed by atoms with Crippen molar-refractivity contribution in [1.82, 2.24) is 14.8 Å². The van der Waals surface area contributed by atoms with E-state index in [4.69, 9.17) is 29.6 Å². The zero-order chi connectivity index (χ0) is 10.8. The highest BCUT2D eigenvalue weighted by atomic mass is 35.5. The largest absolute Gasteiger partial charge is 0.388 e. The number of pyridine rings is 1. The maximum Gasteiger partial charge on any atom is 0.124 e. The van der Waals surface area contributed by atoms with E-state index in [0.717, 1.165) is 5.69 Å². The van der Waals surface area contributed by atoms with E-state index in [1.54, 1.807) is 23.1 Å². The van der Waals surface area contributed by atoms with E-state index in [-0.39, 0.29) is 4.99 Å². The van der Waals surface area contributed by atoms with Crippen LogP contribution in [0.25, 0.3) is 5.69 Å². The van der Waals surface area contributed by atoms with E-state index in [1.807, 2.05) is 6.07 Å². The first-order valence-corrected chi connectivity index (χ1v) is 4.92. The van der Waals surface area contributed by atoms with E-state index in [2.05, 4.69) is 10.1 Å². The minimum Gasteiger partial charge on any atom is -0.388 e. The molecule has 0 fully saturated rings. The van der Waals surface area contributed by atoms with Gasteiger partial charge in [-0.15, -0.1) is 0 Å². The molecule has 0 spiro atoms. The molecule has 0 amide bonds. The first-order chi connectivity index (χ1) is 7.18. The van der Waals surface area contributed by atoms with Crippen LogP contribution in [0.2, 0.25) is 5.02 Å². The molecule has 2 N–H and O–H groups in total. The Balaban J connectivity index is 2.57. The molecule has 0 aliphatic heterocycles. The van der Waals surface area contributed by atoms with Crippen molar-refractivity contribution in [3.8, 4) is 5.69 Å². The average molecular weight is 239 g/mol. The molecule has 0 saturated carbocycles. The molecule has 4 nitrogen and oxygen atoms in total. The molecule has 2 aromatic rings. The van der Waals surface area contributed by atoms with E-state index in [1.165, 1.54) is 6.20 Å². The third-order valence-corrected chi connectivity index (χ3v) is 2.21. The molecule has 76 valence electrons. The lowest BCUT2D eigenvalue weighted by molar-refractivity contribution is 0.871. The summed E-state index contributed by atoms with van der Waals surface area (Å²) in [6, 6.07) is 3.61. The van der Waals surface area contributed by atoms with Crippen LogP contribution in [0.4, 0.5) is 0 Å². The van der Waals surface area contributed by atoms with Crippen LogP contribution in [0.5, 0.6) is 0 Å². The second-order valence-corrected chi connectivity index (χ2v) is 3.71. The second kappa shape index (κ2) is 3.96. The lowest BCUT2D eigenvalue weighted by atomic mass is 10.3. The molecule has 2 heterocycles. The van der Waals surface area contributed by atoms with Gasteiger partial charge in [0.15, 0.2) is 0 Å². The van der Waals surface area contributed by atoms with Crippen molar-refractivity contribution in [2.24, 2.45) is 5.73 Å². The number of halogens is 1. The van der Waals surface area contributed by atoms with Gasteiger partial charge in [-0.1, -0.05) is 23.8 Å². The van der Waals surface area contributed by atoms with Gasteiger partial charge in [-0.2, -0.15) is 5.10 Å². The van der Waals surface area contributed by atoms with Crippen molar-refractivity contribution in [2.75, 3.05) is 0 Å². The monoisotopic (exact) mass is 238 g/mol. The topological polar surface area (TPSA) is 56.7 Å². The Morgan fingerprint density at radius 3 is 2.93 bits per heavy atom. The Bertz CT molecular complexity index is 508. The zero-order valence-corrected chi connectivity index (χ0v) is 9.16. The zero-order valence-electron chi connectivity index (χ0n) is 7.59. The summed E-state index contributed by atoms with van der Waals surface area (Å²) in [4.78, 5) is 4.33. The van der Waals surface area contributed by atoms with Gasteiger partial charge >= 0.3 is 0 Å². The van der Waals surface area contributed by atoms with E-state index in [9.17, 15) is 0 Å². The van der Waals surface area contributed by atoms with E-state index < -0.39 is 0 Å². The van der Waals surface area contributed by atoms with Crippen LogP contribution < -0.4 is 5.73 Å². The van der Waals surface area contributed by atoms with Crippen LogP contribution in [0.15, 0.2) is 30.7 Å². The summed E-state index contributed by atoms with van der Waals surface area (Å²) in [5.74, 6) is 0. The molecule has 0 atom stereocenters. The van der Waals surface area contributed by atoms with Gasteiger partial charge in [0, 0.05) is 12.4 Å². The Kier molecular flexibility index (Phi) is 2.66. The number of rotatable bonds is 2. The van der Waals surface area contributed by atoms with Gasteiger partial charge in [-0.3, -0.25) is 4.98 Å². The molecule has 15 heavy (non-hydrogen) atoms. The highest BCUT2D eigenvalue weighted by Gasteiger charge is 2.08. The van der Waals surface area contributed by atoms with Crippen LogP contribution in [0, 0.1) is 0 Å². The SMILES string of the molecule is NC(=S)c1ncccc1-n1cc(Cl)cn1. The first kappa shape index (κ1) is 10.1. The fourth-order valence-electron chi connectivity index (χ4n) is 1.20. The predicted molar refractivity (Wildman–Crippen MR) is 62.3 cm³/mol. The van der Waals surface area contributed by atoms with Crippen molar-refractivity contribution < 1.29 is 0 Å². The van der Waals surface area contributed by atoms with Gasteiger partial charge in [0.1, 0.15) is 10.7 Å². The molecule has 0 aliphatic rings. The third-order valence-electron chi connectivity index (χ3n) is 1.82. The summed E-state index contributed by atoms with van der Waals surface area (Å²) >= 11 is 10.7. The van der Waals surface area contributed by atoms with Crippen molar-refractivity contribution >= 4 is 28.8 Å². The van der Waals surface area contributed by atoms with Crippen LogP contribution in [0.3, 0.4) is 0 Å². The van der Waals surface area contributed by atoms with Crippen molar-refractivity contribution in [3.63, 3.8) is 0 Å². The second-order valence-electron chi connectivity index (χ2n) is 2.84. The summed E-state index contributed by atoms with van der Waals surface area (Å²) in [5, 5.41) is 4.61. The van der Waals surface area contributed by atoms with E-state index in [0.29, 0.717) is 10.7 Å². The molecule has 0 radical (unpaired) electrons. The van der Waals surface area contributed by atoms with Gasteiger partial charge in [0.05, 0.1) is 16.9 Å². The molecule has 2 aromatic heterocycles. The molecular weight excluding hydrogens is 232 g/mol. The van der Waals surface area contributed by atoms with Gasteiger partial charge in [-0.05, 0) is 12.1 Å². The highest BCUT2D eigenvalue weighted by Crippen LogP contribution is 2.14. The molecule has 0 aliphatic carbocycles. The minimum atomic E-state index is 0.234. The fraction of sp³-hybridized carbons (Fsp3) is 0. The number of nitrogens with zero attached hydrogens (tertiary/aromatic N) is 3. The van der Waals surface area contributed by atoms with Crippen molar-refractivity contribution in [2.45, 2.75) is 0 Å². The van der Waals surface area contributed by atoms with E-state index >= 15 is 0 Å². The van der Waals surface area contributed by atoms with Crippen LogP contribution in [-0.2, 0) is 0 Å². The van der Waals surface area contributed by atoms with Gasteiger partial charge in [-0.25, -0.2) is 4.68 Å². The Hall–Kier alpha value is -1.46. The normalized spacial score (nSPS) is 10.2. The number of thiocarbonyl (C=S) groups is 1. The smallest absolute Gasteiger partial charge is 0.124 e. The molecular formula is C9H7ClN4S. The van der Waals surface area contributed by atoms with Gasteiger partial charge < -0.3 is 5.73 Å². The Morgan fingerprint density at radius 2 is 2.33 bits per heavy atom. The van der Waals surface area contributed by atoms with Crippen molar-refractivity contribution in [3.05, 3.63) is 41.4 Å². The van der Waals surface area contributed by atoms with Crippen LogP contribution in [0.1, 0.15) is 5.69 Å². The standard InChI is InChI=1S/C9H7ClN4S/c10-6-4-13-14(5-6)7-2-1-3-12-8(7)9(11)15/h1-5H,(H2,11,15). The quantitative estimate of drug-likeness (QED) is 0.807. The average Bonchev–Trinajstić information content (AvgIpc) is 2.65. The maximum atomic E-state index is 5.77. The lowest BCUT2D eigenvalue weighted by Gasteiger charge is -2.05. The summed E-state index contributed by atoms with van der Waals surface area (Å²) in [6.45, 7) is 0. The molecule has 2 rings (SSSR count). The molecule has 6 heteroatoms. The van der Waals surface area contributed by atoms with Crippen molar-refractivity contribution in [1.29, 1.82) is 0 Å². The number of hydrogen-bond acceptors (Lipinski definition) is 3. The Morgan fingerprint density at radius 1 is 1.53 bits per heavy atom. The first-order valence-electron chi connectivity index (χ1n) is 4.14. The van der Waals surface area contributed by atoms with Gasteiger partial charge in [0.25, 0.3) is 0 Å². The van der Waals surface area contributed by atoms with Crippen LogP contribution in [-0.4, -0.2) is 19.8 Å². The third kappa shape index (κ3) is 1.98. The number of aromatic nitrogens is 3. The van der Waals surface area contributed by atoms with Gasteiger partial charge in [0.2, 0.25) is 0 Å². The molecule has 0 bridgehead atoms. The molecule has 0 unspecified atom stereocenters. The summed E-state index contributed by atoms with van der Waals surface area (Å²) in [5.41, 5.74) is 6.81. The molecule has 0 aromatic carbocycles. The molecule has 0 saturated heterocycles. The number of hydrogen-bond donors (Lipinski definition) is 1. The summed E-state index contributed by atoms with van der Waals surface area (Å²) < 4.78 is 1.59. The minimum absolute atomic E-state index is 0.234. The summed E-state index contributed by atoms with van der Waals surface area (Å²) in [6.07, 6.45) is 4.83. The maximum absolute atomic E-state index is 5.77. The van der Waals surface area contributed by atoms with Crippen LogP contribution >= 0.6 is 23.8 Å². The Labute approximate surface area is 96.7 Å². The fourth-order valence-corrected chi connectivity index (χ4v) is 1.50. The predicted octanol–water partition coefficient (Wildman–Crippen LogP) is 1.55. The number of nitrogens with two attached hydrogens (primary N) is 1. The summed E-state index contributed by atoms with van der Waals surface area (Å²) in [7, 11) is 0.